The number of alkyl halides is 1. The largest absolute Gasteiger partial charge is 0.259 e. The molecule has 0 amide bonds. The van der Waals surface area contributed by atoms with Crippen LogP contribution in [-0.2, 0) is 10.8 Å². The Balaban J connectivity index is 2.43. The van der Waals surface area contributed by atoms with Gasteiger partial charge in [0, 0.05) is 25.7 Å². The first-order valence-electron chi connectivity index (χ1n) is 2.14. The summed E-state index contributed by atoms with van der Waals surface area (Å²) in [6.07, 6.45) is 0. The molecule has 0 aromatic rings. The first kappa shape index (κ1) is 6.01. The van der Waals surface area contributed by atoms with Crippen molar-refractivity contribution in [1.29, 1.82) is 0 Å². The highest BCUT2D eigenvalue weighted by Crippen LogP contribution is 2.29. The van der Waals surface area contributed by atoms with E-state index in [4.69, 9.17) is 0 Å². The third-order valence-corrected chi connectivity index (χ3v) is 4.64. The van der Waals surface area contributed by atoms with Crippen molar-refractivity contribution in [2.45, 2.75) is 10.3 Å². The molecule has 1 fully saturated rings. The van der Waals surface area contributed by atoms with Crippen LogP contribution in [0.3, 0.4) is 0 Å². The lowest BCUT2D eigenvalue weighted by molar-refractivity contribution is 0.653. The van der Waals surface area contributed by atoms with Gasteiger partial charge in [-0.2, -0.15) is 0 Å². The van der Waals surface area contributed by atoms with Crippen molar-refractivity contribution in [2.75, 3.05) is 11.5 Å². The second-order valence-electron chi connectivity index (χ2n) is 2.14. The Hall–Kier alpha value is 0.880. The van der Waals surface area contributed by atoms with Gasteiger partial charge in [0.1, 0.15) is 0 Å². The summed E-state index contributed by atoms with van der Waals surface area (Å²) >= 11 is 2.35. The van der Waals surface area contributed by atoms with E-state index in [0.717, 1.165) is 11.5 Å². The monoisotopic (exact) mass is 230 g/mol. The number of rotatable bonds is 0. The van der Waals surface area contributed by atoms with E-state index in [1.54, 1.807) is 0 Å². The molecule has 1 saturated heterocycles. The Labute approximate surface area is 59.5 Å². The summed E-state index contributed by atoms with van der Waals surface area (Å²) in [7, 11) is -0.469. The van der Waals surface area contributed by atoms with Crippen LogP contribution in [0.2, 0.25) is 0 Å². The van der Waals surface area contributed by atoms with Gasteiger partial charge in [-0.15, -0.1) is 0 Å². The minimum absolute atomic E-state index is 0.364. The zero-order valence-corrected chi connectivity index (χ0v) is 7.08. The minimum atomic E-state index is -0.469. The maximum atomic E-state index is 10.4. The van der Waals surface area contributed by atoms with Gasteiger partial charge in [0.05, 0.1) is 0 Å². The van der Waals surface area contributed by atoms with Crippen LogP contribution in [0.15, 0.2) is 0 Å². The number of hydrogen-bond acceptors (Lipinski definition) is 1. The van der Waals surface area contributed by atoms with Crippen LogP contribution in [0.5, 0.6) is 0 Å². The normalized spacial score (nSPS) is 50.9. The predicted octanol–water partition coefficient (Wildman–Crippen LogP) is 0.942. The van der Waals surface area contributed by atoms with Crippen LogP contribution in [0.25, 0.3) is 0 Å². The first-order chi connectivity index (χ1) is 3.10. The molecule has 0 spiro atoms. The van der Waals surface area contributed by atoms with Crippen molar-refractivity contribution in [3.63, 3.8) is 0 Å². The topological polar surface area (TPSA) is 17.1 Å². The molecule has 1 nitrogen and oxygen atoms in total. The Morgan fingerprint density at radius 2 is 2.14 bits per heavy atom. The van der Waals surface area contributed by atoms with E-state index in [9.17, 15) is 4.21 Å². The van der Waals surface area contributed by atoms with Gasteiger partial charge in [0.15, 0.2) is 0 Å². The summed E-state index contributed by atoms with van der Waals surface area (Å²) in [6.45, 7) is 2.13. The minimum Gasteiger partial charge on any atom is -0.259 e. The molecule has 1 aliphatic rings. The third-order valence-electron chi connectivity index (χ3n) is 0.924. The fraction of sp³-hybridized carbons (Fsp3) is 1.00. The van der Waals surface area contributed by atoms with E-state index in [1.165, 1.54) is 0 Å². The zero-order chi connectivity index (χ0) is 5.49. The lowest BCUT2D eigenvalue weighted by Crippen LogP contribution is -2.42. The summed E-state index contributed by atoms with van der Waals surface area (Å²) in [5.74, 6) is 1.79. The number of hydrogen-bond donors (Lipinski definition) is 0. The highest BCUT2D eigenvalue weighted by Gasteiger charge is 2.34. The Morgan fingerprint density at radius 3 is 2.14 bits per heavy atom. The van der Waals surface area contributed by atoms with Gasteiger partial charge in [-0.05, 0) is 6.92 Å². The van der Waals surface area contributed by atoms with Crippen LogP contribution in [0.1, 0.15) is 6.92 Å². The van der Waals surface area contributed by atoms with Gasteiger partial charge in [-0.1, -0.05) is 22.6 Å². The van der Waals surface area contributed by atoms with Gasteiger partial charge in [-0.25, -0.2) is 0 Å². The first-order valence-corrected chi connectivity index (χ1v) is 4.71. The zero-order valence-electron chi connectivity index (χ0n) is 4.11. The van der Waals surface area contributed by atoms with Gasteiger partial charge < -0.3 is 0 Å². The van der Waals surface area contributed by atoms with E-state index >= 15 is 0 Å². The van der Waals surface area contributed by atoms with E-state index < -0.39 is 10.8 Å². The Bertz CT molecular complexity index is 100. The molecule has 0 aromatic heterocycles. The lowest BCUT2D eigenvalue weighted by atomic mass is 10.2. The van der Waals surface area contributed by atoms with Crippen LogP contribution in [0, 0.1) is 0 Å². The fourth-order valence-corrected chi connectivity index (χ4v) is 3.97. The second kappa shape index (κ2) is 1.69. The maximum Gasteiger partial charge on any atom is 0.0424 e. The van der Waals surface area contributed by atoms with Gasteiger partial charge in [0.25, 0.3) is 0 Å². The molecule has 1 rings (SSSR count). The van der Waals surface area contributed by atoms with E-state index in [1.807, 2.05) is 0 Å². The lowest BCUT2D eigenvalue weighted by Gasteiger charge is -2.30. The van der Waals surface area contributed by atoms with E-state index in [2.05, 4.69) is 29.5 Å². The van der Waals surface area contributed by atoms with E-state index in [-0.39, 0.29) is 0 Å². The van der Waals surface area contributed by atoms with Crippen molar-refractivity contribution in [1.82, 2.24) is 0 Å². The highest BCUT2D eigenvalue weighted by molar-refractivity contribution is 14.1. The van der Waals surface area contributed by atoms with Crippen molar-refractivity contribution >= 4 is 33.4 Å². The molecule has 3 heteroatoms. The molecule has 0 bridgehead atoms. The summed E-state index contributed by atoms with van der Waals surface area (Å²) in [5, 5.41) is 0. The fourth-order valence-electron chi connectivity index (χ4n) is 0.629. The molecule has 0 saturated carbocycles. The highest BCUT2D eigenvalue weighted by atomic mass is 127. The molecular formula is C4H7IOS. The van der Waals surface area contributed by atoms with E-state index in [0.29, 0.717) is 3.42 Å². The van der Waals surface area contributed by atoms with Crippen LogP contribution in [-0.4, -0.2) is 19.1 Å². The summed E-state index contributed by atoms with van der Waals surface area (Å²) in [4.78, 5) is 0. The summed E-state index contributed by atoms with van der Waals surface area (Å²) < 4.78 is 10.8. The smallest absolute Gasteiger partial charge is 0.0424 e. The van der Waals surface area contributed by atoms with Crippen LogP contribution in [0.4, 0.5) is 0 Å². The maximum absolute atomic E-state index is 10.4. The van der Waals surface area contributed by atoms with Crippen molar-refractivity contribution in [3.8, 4) is 0 Å². The second-order valence-corrected chi connectivity index (χ2v) is 6.20. The molecule has 0 atom stereocenters. The van der Waals surface area contributed by atoms with Crippen molar-refractivity contribution in [2.24, 2.45) is 0 Å². The molecule has 0 radical (unpaired) electrons. The SMILES string of the molecule is CC1(I)CS(=O)C1. The molecule has 0 unspecified atom stereocenters. The van der Waals surface area contributed by atoms with Crippen LogP contribution >= 0.6 is 22.6 Å². The molecule has 1 heterocycles. The summed E-state index contributed by atoms with van der Waals surface area (Å²) in [5.41, 5.74) is 0. The molecule has 7 heavy (non-hydrogen) atoms. The van der Waals surface area contributed by atoms with Gasteiger partial charge >= 0.3 is 0 Å². The molecule has 0 N–H and O–H groups in total. The average Bonchev–Trinajstić information content (AvgIpc) is 1.27. The van der Waals surface area contributed by atoms with Crippen molar-refractivity contribution in [3.05, 3.63) is 0 Å². The quantitative estimate of drug-likeness (QED) is 0.447. The van der Waals surface area contributed by atoms with Crippen molar-refractivity contribution < 1.29 is 4.21 Å². The Morgan fingerprint density at radius 1 is 1.71 bits per heavy atom. The molecule has 0 aliphatic carbocycles. The predicted molar refractivity (Wildman–Crippen MR) is 40.3 cm³/mol. The molecule has 42 valence electrons. The molecule has 1 aliphatic heterocycles. The van der Waals surface area contributed by atoms with Crippen LogP contribution < -0.4 is 0 Å². The van der Waals surface area contributed by atoms with Gasteiger partial charge in [-0.3, -0.25) is 4.21 Å². The third kappa shape index (κ3) is 1.38. The Kier molecular flexibility index (Phi) is 1.45. The number of halogens is 1. The molecule has 0 aromatic carbocycles. The summed E-state index contributed by atoms with van der Waals surface area (Å²) in [6, 6.07) is 0. The standard InChI is InChI=1S/C4H7IOS/c1-4(5)2-7(6)3-4/h2-3H2,1H3. The average molecular weight is 230 g/mol. The molecular weight excluding hydrogens is 223 g/mol. The van der Waals surface area contributed by atoms with Gasteiger partial charge in [0.2, 0.25) is 0 Å².